The summed E-state index contributed by atoms with van der Waals surface area (Å²) >= 11 is 0. The first-order valence-corrected chi connectivity index (χ1v) is 3.19. The summed E-state index contributed by atoms with van der Waals surface area (Å²) in [6, 6.07) is 1.79. The van der Waals surface area contributed by atoms with E-state index in [0.717, 1.165) is 18.3 Å². The first-order chi connectivity index (χ1) is 5.61. The molecule has 0 spiro atoms. The molecule has 2 nitrogen and oxygen atoms in total. The summed E-state index contributed by atoms with van der Waals surface area (Å²) < 4.78 is 36.1. The SMILES string of the molecule is OC(c1cc(F)ccn1)C(F)F. The number of hydrogen-bond acceptors (Lipinski definition) is 2. The van der Waals surface area contributed by atoms with Crippen molar-refractivity contribution in [1.82, 2.24) is 4.98 Å². The van der Waals surface area contributed by atoms with Gasteiger partial charge in [0.25, 0.3) is 6.43 Å². The first kappa shape index (κ1) is 8.99. The van der Waals surface area contributed by atoms with E-state index in [-0.39, 0.29) is 5.69 Å². The summed E-state index contributed by atoms with van der Waals surface area (Å²) in [5, 5.41) is 8.74. The van der Waals surface area contributed by atoms with E-state index in [9.17, 15) is 13.2 Å². The minimum atomic E-state index is -2.95. The lowest BCUT2D eigenvalue weighted by molar-refractivity contribution is -0.00836. The van der Waals surface area contributed by atoms with Crippen molar-refractivity contribution in [3.8, 4) is 0 Å². The highest BCUT2D eigenvalue weighted by molar-refractivity contribution is 5.09. The lowest BCUT2D eigenvalue weighted by atomic mass is 10.2. The predicted molar refractivity (Wildman–Crippen MR) is 35.2 cm³/mol. The van der Waals surface area contributed by atoms with E-state index in [2.05, 4.69) is 4.98 Å². The molecule has 0 radical (unpaired) electrons. The number of pyridine rings is 1. The molecule has 5 heteroatoms. The maximum Gasteiger partial charge on any atom is 0.269 e. The first-order valence-electron chi connectivity index (χ1n) is 3.19. The van der Waals surface area contributed by atoms with Gasteiger partial charge in [-0.1, -0.05) is 0 Å². The van der Waals surface area contributed by atoms with Gasteiger partial charge in [0.05, 0.1) is 5.69 Å². The smallest absolute Gasteiger partial charge is 0.269 e. The average Bonchev–Trinajstić information content (AvgIpc) is 2.03. The predicted octanol–water partition coefficient (Wildman–Crippen LogP) is 1.52. The van der Waals surface area contributed by atoms with Crippen LogP contribution in [0.3, 0.4) is 0 Å². The summed E-state index contributed by atoms with van der Waals surface area (Å²) in [5.74, 6) is -0.695. The van der Waals surface area contributed by atoms with E-state index < -0.39 is 18.3 Å². The van der Waals surface area contributed by atoms with Crippen molar-refractivity contribution in [2.24, 2.45) is 0 Å². The Hall–Kier alpha value is -1.10. The number of aliphatic hydroxyl groups is 1. The summed E-state index contributed by atoms with van der Waals surface area (Å²) in [6.07, 6.45) is -3.93. The normalized spacial score (nSPS) is 13.4. The zero-order chi connectivity index (χ0) is 9.14. The van der Waals surface area contributed by atoms with Gasteiger partial charge in [-0.25, -0.2) is 13.2 Å². The van der Waals surface area contributed by atoms with Crippen molar-refractivity contribution < 1.29 is 18.3 Å². The summed E-state index contributed by atoms with van der Waals surface area (Å²) in [7, 11) is 0. The minimum Gasteiger partial charge on any atom is -0.381 e. The van der Waals surface area contributed by atoms with Gasteiger partial charge >= 0.3 is 0 Å². The number of halogens is 3. The number of rotatable bonds is 2. The van der Waals surface area contributed by atoms with Crippen LogP contribution in [-0.2, 0) is 0 Å². The Morgan fingerprint density at radius 1 is 1.42 bits per heavy atom. The molecule has 0 amide bonds. The van der Waals surface area contributed by atoms with Crippen molar-refractivity contribution in [1.29, 1.82) is 0 Å². The van der Waals surface area contributed by atoms with Crippen molar-refractivity contribution in [2.75, 3.05) is 0 Å². The molecular formula is C7H6F3NO. The lowest BCUT2D eigenvalue weighted by Crippen LogP contribution is -2.09. The molecule has 0 saturated carbocycles. The summed E-state index contributed by atoms with van der Waals surface area (Å²) in [5.41, 5.74) is -0.356. The Bertz CT molecular complexity index is 267. The fraction of sp³-hybridized carbons (Fsp3) is 0.286. The third-order valence-electron chi connectivity index (χ3n) is 1.28. The Balaban J connectivity index is 2.88. The lowest BCUT2D eigenvalue weighted by Gasteiger charge is -2.07. The second-order valence-corrected chi connectivity index (χ2v) is 2.18. The van der Waals surface area contributed by atoms with Gasteiger partial charge in [-0.15, -0.1) is 0 Å². The molecule has 0 fully saturated rings. The third-order valence-corrected chi connectivity index (χ3v) is 1.28. The maximum absolute atomic E-state index is 12.4. The molecule has 12 heavy (non-hydrogen) atoms. The number of alkyl halides is 2. The van der Waals surface area contributed by atoms with Gasteiger partial charge in [0.2, 0.25) is 0 Å². The van der Waals surface area contributed by atoms with E-state index in [1.54, 1.807) is 0 Å². The van der Waals surface area contributed by atoms with E-state index >= 15 is 0 Å². The van der Waals surface area contributed by atoms with Crippen LogP contribution in [0.5, 0.6) is 0 Å². The second-order valence-electron chi connectivity index (χ2n) is 2.18. The largest absolute Gasteiger partial charge is 0.381 e. The molecule has 0 aromatic carbocycles. The van der Waals surface area contributed by atoms with Crippen molar-refractivity contribution in [3.63, 3.8) is 0 Å². The van der Waals surface area contributed by atoms with Gasteiger partial charge in [0, 0.05) is 6.20 Å². The molecule has 1 rings (SSSR count). The maximum atomic E-state index is 12.4. The monoisotopic (exact) mass is 177 g/mol. The Labute approximate surface area is 66.7 Å². The molecule has 1 aromatic rings. The minimum absolute atomic E-state index is 0.356. The Morgan fingerprint density at radius 3 is 2.58 bits per heavy atom. The van der Waals surface area contributed by atoms with Crippen LogP contribution >= 0.6 is 0 Å². The molecule has 66 valence electrons. The third kappa shape index (κ3) is 1.94. The van der Waals surface area contributed by atoms with Gasteiger partial charge in [-0.05, 0) is 12.1 Å². The molecule has 1 unspecified atom stereocenters. The zero-order valence-electron chi connectivity index (χ0n) is 5.92. The van der Waals surface area contributed by atoms with Crippen LogP contribution in [0.1, 0.15) is 11.8 Å². The summed E-state index contributed by atoms with van der Waals surface area (Å²) in [4.78, 5) is 3.39. The molecule has 0 aliphatic rings. The molecule has 1 heterocycles. The highest BCUT2D eigenvalue weighted by Gasteiger charge is 2.20. The average molecular weight is 177 g/mol. The van der Waals surface area contributed by atoms with Crippen LogP contribution < -0.4 is 0 Å². The van der Waals surface area contributed by atoms with E-state index in [1.807, 2.05) is 0 Å². The number of nitrogens with zero attached hydrogens (tertiary/aromatic N) is 1. The van der Waals surface area contributed by atoms with Crippen LogP contribution in [0.2, 0.25) is 0 Å². The van der Waals surface area contributed by atoms with E-state index in [4.69, 9.17) is 5.11 Å². The van der Waals surface area contributed by atoms with Crippen LogP contribution in [0, 0.1) is 5.82 Å². The Morgan fingerprint density at radius 2 is 2.08 bits per heavy atom. The van der Waals surface area contributed by atoms with Gasteiger partial charge in [0.15, 0.2) is 6.10 Å². The standard InChI is InChI=1S/C7H6F3NO/c8-4-1-2-11-5(3-4)6(12)7(9)10/h1-3,6-7,12H. The second kappa shape index (κ2) is 3.53. The van der Waals surface area contributed by atoms with Crippen LogP contribution in [0.15, 0.2) is 18.3 Å². The zero-order valence-corrected chi connectivity index (χ0v) is 5.92. The number of aromatic nitrogens is 1. The van der Waals surface area contributed by atoms with E-state index in [0.29, 0.717) is 0 Å². The van der Waals surface area contributed by atoms with Crippen molar-refractivity contribution >= 4 is 0 Å². The molecule has 0 bridgehead atoms. The molecule has 0 aliphatic carbocycles. The van der Waals surface area contributed by atoms with Crippen LogP contribution in [-0.4, -0.2) is 16.5 Å². The fourth-order valence-electron chi connectivity index (χ4n) is 0.712. The number of aliphatic hydroxyl groups excluding tert-OH is 1. The highest BCUT2D eigenvalue weighted by atomic mass is 19.3. The van der Waals surface area contributed by atoms with Gasteiger partial charge in [-0.2, -0.15) is 0 Å². The van der Waals surface area contributed by atoms with Gasteiger partial charge < -0.3 is 5.11 Å². The topological polar surface area (TPSA) is 33.1 Å². The van der Waals surface area contributed by atoms with Crippen LogP contribution in [0.25, 0.3) is 0 Å². The van der Waals surface area contributed by atoms with Crippen LogP contribution in [0.4, 0.5) is 13.2 Å². The number of hydrogen-bond donors (Lipinski definition) is 1. The molecule has 0 aliphatic heterocycles. The molecule has 1 N–H and O–H groups in total. The van der Waals surface area contributed by atoms with E-state index in [1.165, 1.54) is 0 Å². The molecule has 0 saturated heterocycles. The van der Waals surface area contributed by atoms with Crippen molar-refractivity contribution in [3.05, 3.63) is 29.8 Å². The molecule has 1 atom stereocenters. The highest BCUT2D eigenvalue weighted by Crippen LogP contribution is 2.18. The van der Waals surface area contributed by atoms with Crippen molar-refractivity contribution in [2.45, 2.75) is 12.5 Å². The summed E-state index contributed by atoms with van der Waals surface area (Å²) in [6.45, 7) is 0. The quantitative estimate of drug-likeness (QED) is 0.742. The molecular weight excluding hydrogens is 171 g/mol. The molecule has 1 aromatic heterocycles. The van der Waals surface area contributed by atoms with Gasteiger partial charge in [-0.3, -0.25) is 4.98 Å². The fourth-order valence-corrected chi connectivity index (χ4v) is 0.712. The Kier molecular flexibility index (Phi) is 2.65. The van der Waals surface area contributed by atoms with Gasteiger partial charge in [0.1, 0.15) is 5.82 Å².